The summed E-state index contributed by atoms with van der Waals surface area (Å²) >= 11 is 5.74. The summed E-state index contributed by atoms with van der Waals surface area (Å²) in [7, 11) is 0. The summed E-state index contributed by atoms with van der Waals surface area (Å²) in [5, 5.41) is 0. The Morgan fingerprint density at radius 2 is 1.78 bits per heavy atom. The molecule has 1 heterocycles. The molecule has 0 radical (unpaired) electrons. The van der Waals surface area contributed by atoms with Gasteiger partial charge < -0.3 is 0 Å². The van der Waals surface area contributed by atoms with Crippen LogP contribution in [-0.2, 0) is 6.42 Å². The van der Waals surface area contributed by atoms with Crippen LogP contribution in [0.25, 0.3) is 0 Å². The van der Waals surface area contributed by atoms with Gasteiger partial charge in [-0.3, -0.25) is 0 Å². The Balaban J connectivity index is 2.20. The number of hydrogen-bond donors (Lipinski definition) is 0. The minimum Gasteiger partial charge on any atom is -0.144 e. The van der Waals surface area contributed by atoms with Crippen LogP contribution in [0.2, 0.25) is 0 Å². The SMILES string of the molecule is Cc1ccc(C)c(CC(Br)c2cc(C)c(C)s2)c1. The summed E-state index contributed by atoms with van der Waals surface area (Å²) in [4.78, 5) is 3.29. The highest BCUT2D eigenvalue weighted by molar-refractivity contribution is 9.09. The molecule has 1 aromatic heterocycles. The van der Waals surface area contributed by atoms with Crippen molar-refractivity contribution < 1.29 is 0 Å². The summed E-state index contributed by atoms with van der Waals surface area (Å²) in [6.45, 7) is 8.74. The van der Waals surface area contributed by atoms with E-state index in [0.717, 1.165) is 6.42 Å². The van der Waals surface area contributed by atoms with Gasteiger partial charge in [-0.25, -0.2) is 0 Å². The average Bonchev–Trinajstić information content (AvgIpc) is 2.64. The Morgan fingerprint density at radius 1 is 1.06 bits per heavy atom. The van der Waals surface area contributed by atoms with Crippen molar-refractivity contribution in [3.05, 3.63) is 56.3 Å². The Hall–Kier alpha value is -0.600. The number of aryl methyl sites for hydroxylation is 4. The zero-order valence-electron chi connectivity index (χ0n) is 11.4. The van der Waals surface area contributed by atoms with Crippen LogP contribution in [0, 0.1) is 27.7 Å². The van der Waals surface area contributed by atoms with Crippen molar-refractivity contribution in [3.8, 4) is 0 Å². The van der Waals surface area contributed by atoms with Gasteiger partial charge >= 0.3 is 0 Å². The molecule has 2 heteroatoms. The Labute approximate surface area is 122 Å². The van der Waals surface area contributed by atoms with Crippen LogP contribution in [0.5, 0.6) is 0 Å². The molecule has 18 heavy (non-hydrogen) atoms. The quantitative estimate of drug-likeness (QED) is 0.639. The lowest BCUT2D eigenvalue weighted by molar-refractivity contribution is 0.954. The molecule has 0 amide bonds. The molecule has 0 fully saturated rings. The van der Waals surface area contributed by atoms with E-state index in [0.29, 0.717) is 4.83 Å². The van der Waals surface area contributed by atoms with Crippen LogP contribution in [0.3, 0.4) is 0 Å². The van der Waals surface area contributed by atoms with E-state index in [4.69, 9.17) is 0 Å². The molecule has 0 N–H and O–H groups in total. The maximum atomic E-state index is 3.84. The molecule has 0 saturated heterocycles. The van der Waals surface area contributed by atoms with Crippen molar-refractivity contribution in [1.82, 2.24) is 0 Å². The van der Waals surface area contributed by atoms with Crippen LogP contribution >= 0.6 is 27.3 Å². The van der Waals surface area contributed by atoms with Crippen LogP contribution in [0.15, 0.2) is 24.3 Å². The third-order valence-corrected chi connectivity index (χ3v) is 5.78. The number of halogens is 1. The van der Waals surface area contributed by atoms with Crippen molar-refractivity contribution in [3.63, 3.8) is 0 Å². The number of thiophene rings is 1. The minimum absolute atomic E-state index is 0.426. The second-order valence-corrected chi connectivity index (χ2v) is 7.38. The first-order valence-electron chi connectivity index (χ1n) is 6.24. The van der Waals surface area contributed by atoms with E-state index in [9.17, 15) is 0 Å². The zero-order valence-corrected chi connectivity index (χ0v) is 13.8. The van der Waals surface area contributed by atoms with E-state index in [1.165, 1.54) is 32.0 Å². The van der Waals surface area contributed by atoms with Crippen molar-refractivity contribution in [2.24, 2.45) is 0 Å². The van der Waals surface area contributed by atoms with Crippen LogP contribution in [0.4, 0.5) is 0 Å². The summed E-state index contributed by atoms with van der Waals surface area (Å²) in [6.07, 6.45) is 1.06. The van der Waals surface area contributed by atoms with Gasteiger partial charge in [-0.05, 0) is 56.9 Å². The van der Waals surface area contributed by atoms with Crippen LogP contribution < -0.4 is 0 Å². The monoisotopic (exact) mass is 322 g/mol. The van der Waals surface area contributed by atoms with Gasteiger partial charge in [0, 0.05) is 9.75 Å². The van der Waals surface area contributed by atoms with Crippen LogP contribution in [-0.4, -0.2) is 0 Å². The van der Waals surface area contributed by atoms with Crippen molar-refractivity contribution >= 4 is 27.3 Å². The average molecular weight is 323 g/mol. The van der Waals surface area contributed by atoms with E-state index < -0.39 is 0 Å². The molecule has 2 rings (SSSR count). The fourth-order valence-corrected chi connectivity index (χ4v) is 3.85. The first-order valence-corrected chi connectivity index (χ1v) is 7.97. The van der Waals surface area contributed by atoms with Gasteiger partial charge in [0.25, 0.3) is 0 Å². The highest BCUT2D eigenvalue weighted by Crippen LogP contribution is 2.34. The third-order valence-electron chi connectivity index (χ3n) is 3.40. The predicted octanol–water partition coefficient (Wildman–Crippen LogP) is 5.66. The molecule has 0 bridgehead atoms. The highest BCUT2D eigenvalue weighted by Gasteiger charge is 2.13. The van der Waals surface area contributed by atoms with Gasteiger partial charge in [-0.2, -0.15) is 0 Å². The van der Waals surface area contributed by atoms with Crippen molar-refractivity contribution in [2.45, 2.75) is 38.9 Å². The zero-order chi connectivity index (χ0) is 13.3. The molecule has 1 atom stereocenters. The molecule has 0 aliphatic carbocycles. The maximum Gasteiger partial charge on any atom is 0.0529 e. The molecule has 0 aliphatic heterocycles. The molecule has 2 aromatic rings. The van der Waals surface area contributed by atoms with Gasteiger partial charge in [0.2, 0.25) is 0 Å². The van der Waals surface area contributed by atoms with E-state index in [1.54, 1.807) is 0 Å². The highest BCUT2D eigenvalue weighted by atomic mass is 79.9. The molecule has 0 nitrogen and oxygen atoms in total. The van der Waals surface area contributed by atoms with Crippen molar-refractivity contribution in [2.75, 3.05) is 0 Å². The second-order valence-electron chi connectivity index (χ2n) is 4.99. The lowest BCUT2D eigenvalue weighted by Gasteiger charge is -2.11. The van der Waals surface area contributed by atoms with E-state index in [2.05, 4.69) is 67.9 Å². The Kier molecular flexibility index (Phi) is 4.29. The fraction of sp³-hybridized carbons (Fsp3) is 0.375. The smallest absolute Gasteiger partial charge is 0.0529 e. The molecule has 1 aromatic carbocycles. The maximum absolute atomic E-state index is 3.84. The summed E-state index contributed by atoms with van der Waals surface area (Å²) < 4.78 is 0. The van der Waals surface area contributed by atoms with Gasteiger partial charge in [0.1, 0.15) is 0 Å². The third kappa shape index (κ3) is 3.04. The van der Waals surface area contributed by atoms with Gasteiger partial charge in [-0.15, -0.1) is 11.3 Å². The number of benzene rings is 1. The molecule has 0 aliphatic rings. The predicted molar refractivity (Wildman–Crippen MR) is 85.1 cm³/mol. The molecule has 0 saturated carbocycles. The van der Waals surface area contributed by atoms with Gasteiger partial charge in [0.15, 0.2) is 0 Å². The topological polar surface area (TPSA) is 0 Å². The lowest BCUT2D eigenvalue weighted by Crippen LogP contribution is -1.96. The fourth-order valence-electron chi connectivity index (χ4n) is 2.07. The molecule has 1 unspecified atom stereocenters. The van der Waals surface area contributed by atoms with Gasteiger partial charge in [-0.1, -0.05) is 39.7 Å². The molecular formula is C16H19BrS. The second kappa shape index (κ2) is 5.58. The Bertz CT molecular complexity index is 535. The molecule has 96 valence electrons. The first kappa shape index (κ1) is 13.8. The van der Waals surface area contributed by atoms with Gasteiger partial charge in [0.05, 0.1) is 4.83 Å². The summed E-state index contributed by atoms with van der Waals surface area (Å²) in [5.41, 5.74) is 5.57. The number of alkyl halides is 1. The van der Waals surface area contributed by atoms with E-state index >= 15 is 0 Å². The molecule has 0 spiro atoms. The first-order chi connectivity index (χ1) is 8.47. The molecular weight excluding hydrogens is 304 g/mol. The standard InChI is InChI=1S/C16H19BrS/c1-10-5-6-11(2)14(7-10)9-15(17)16-8-12(3)13(4)18-16/h5-8,15H,9H2,1-4H3. The van der Waals surface area contributed by atoms with Crippen molar-refractivity contribution in [1.29, 1.82) is 0 Å². The van der Waals surface area contributed by atoms with E-state index in [-0.39, 0.29) is 0 Å². The lowest BCUT2D eigenvalue weighted by atomic mass is 10.0. The number of hydrogen-bond acceptors (Lipinski definition) is 1. The Morgan fingerprint density at radius 3 is 2.39 bits per heavy atom. The van der Waals surface area contributed by atoms with Crippen LogP contribution in [0.1, 0.15) is 36.8 Å². The number of rotatable bonds is 3. The summed E-state index contributed by atoms with van der Waals surface area (Å²) in [6, 6.07) is 9.01. The normalized spacial score (nSPS) is 12.7. The van der Waals surface area contributed by atoms with E-state index in [1.807, 2.05) is 11.3 Å². The summed E-state index contributed by atoms with van der Waals surface area (Å²) in [5.74, 6) is 0. The minimum atomic E-state index is 0.426. The largest absolute Gasteiger partial charge is 0.144 e.